The van der Waals surface area contributed by atoms with Gasteiger partial charge in [-0.25, -0.2) is 0 Å². The number of nitrogens with zero attached hydrogens (tertiary/aromatic N) is 3. The van der Waals surface area contributed by atoms with Gasteiger partial charge in [-0.05, 0) is 18.3 Å². The van der Waals surface area contributed by atoms with Crippen LogP contribution in [0.4, 0.5) is 10.8 Å². The van der Waals surface area contributed by atoms with Gasteiger partial charge in [-0.3, -0.25) is 5.43 Å². The minimum atomic E-state index is 0.0458. The van der Waals surface area contributed by atoms with Gasteiger partial charge < -0.3 is 17.2 Å². The van der Waals surface area contributed by atoms with Crippen LogP contribution >= 0.6 is 23.6 Å². The predicted octanol–water partition coefficient (Wildman–Crippen LogP) is 0.288. The fourth-order valence-electron chi connectivity index (χ4n) is 1.38. The zero-order valence-corrected chi connectivity index (χ0v) is 11.3. The van der Waals surface area contributed by atoms with Gasteiger partial charge in [-0.2, -0.15) is 5.10 Å². The van der Waals surface area contributed by atoms with Crippen molar-refractivity contribution < 1.29 is 0 Å². The Morgan fingerprint density at radius 3 is 2.58 bits per heavy atom. The molecule has 1 aromatic carbocycles. The Bertz CT molecular complexity index is 634. The summed E-state index contributed by atoms with van der Waals surface area (Å²) in [4.78, 5) is 0. The summed E-state index contributed by atoms with van der Waals surface area (Å²) in [5, 5.41) is 12.7. The molecule has 0 aliphatic rings. The van der Waals surface area contributed by atoms with E-state index in [2.05, 4.69) is 20.7 Å². The number of nitrogens with one attached hydrogen (secondary N) is 1. The van der Waals surface area contributed by atoms with Crippen LogP contribution in [-0.2, 0) is 0 Å². The van der Waals surface area contributed by atoms with Crippen molar-refractivity contribution in [2.24, 2.45) is 10.8 Å². The molecule has 0 aliphatic heterocycles. The highest BCUT2D eigenvalue weighted by molar-refractivity contribution is 7.80. The number of hydrogen-bond donors (Lipinski definition) is 4. The van der Waals surface area contributed by atoms with Crippen molar-refractivity contribution in [1.29, 1.82) is 0 Å². The molecular formula is C10H11N7S2. The van der Waals surface area contributed by atoms with Crippen LogP contribution in [0.1, 0.15) is 10.6 Å². The third-order valence-electron chi connectivity index (χ3n) is 2.14. The van der Waals surface area contributed by atoms with Crippen molar-refractivity contribution in [3.05, 3.63) is 34.8 Å². The largest absolute Gasteiger partial charge is 0.398 e. The molecule has 0 fully saturated rings. The maximum Gasteiger partial charge on any atom is 0.203 e. The number of hydrazone groups is 1. The number of anilines is 2. The van der Waals surface area contributed by atoms with Crippen molar-refractivity contribution in [2.75, 3.05) is 11.5 Å². The van der Waals surface area contributed by atoms with E-state index in [1.165, 1.54) is 11.3 Å². The van der Waals surface area contributed by atoms with Crippen molar-refractivity contribution in [2.45, 2.75) is 0 Å². The van der Waals surface area contributed by atoms with Crippen molar-refractivity contribution in [1.82, 2.24) is 15.6 Å². The molecule has 7 N–H and O–H groups in total. The van der Waals surface area contributed by atoms with Crippen LogP contribution < -0.4 is 22.6 Å². The van der Waals surface area contributed by atoms with Gasteiger partial charge in [-0.1, -0.05) is 29.5 Å². The highest BCUT2D eigenvalue weighted by Crippen LogP contribution is 2.20. The Morgan fingerprint density at radius 1 is 1.26 bits per heavy atom. The summed E-state index contributed by atoms with van der Waals surface area (Å²) in [6.45, 7) is 0. The first-order valence-corrected chi connectivity index (χ1v) is 6.37. The molecule has 98 valence electrons. The van der Waals surface area contributed by atoms with E-state index in [0.29, 0.717) is 27.1 Å². The Labute approximate surface area is 118 Å². The highest BCUT2D eigenvalue weighted by Gasteiger charge is 2.15. The van der Waals surface area contributed by atoms with Crippen LogP contribution in [0.15, 0.2) is 29.4 Å². The Hall–Kier alpha value is -2.26. The summed E-state index contributed by atoms with van der Waals surface area (Å²) >= 11 is 5.92. The van der Waals surface area contributed by atoms with E-state index in [0.717, 1.165) is 0 Å². The van der Waals surface area contributed by atoms with Crippen LogP contribution in [-0.4, -0.2) is 21.0 Å². The second-order valence-corrected chi connectivity index (χ2v) is 4.92. The predicted molar refractivity (Wildman–Crippen MR) is 80.7 cm³/mol. The lowest BCUT2D eigenvalue weighted by Gasteiger charge is -2.06. The van der Waals surface area contributed by atoms with Crippen LogP contribution in [0.2, 0.25) is 0 Å². The lowest BCUT2D eigenvalue weighted by Crippen LogP contribution is -2.26. The average molecular weight is 293 g/mol. The number of hydrogen-bond acceptors (Lipinski definition) is 7. The molecule has 1 heterocycles. The SMILES string of the molecule is NC(=S)NN=C(c1nnc(N)s1)c1ccccc1N. The highest BCUT2D eigenvalue weighted by atomic mass is 32.1. The molecule has 0 unspecified atom stereocenters. The van der Waals surface area contributed by atoms with Crippen LogP contribution in [0.25, 0.3) is 0 Å². The lowest BCUT2D eigenvalue weighted by atomic mass is 10.1. The van der Waals surface area contributed by atoms with Crippen molar-refractivity contribution in [3.63, 3.8) is 0 Å². The van der Waals surface area contributed by atoms with Gasteiger partial charge in [0.1, 0.15) is 5.71 Å². The maximum atomic E-state index is 5.92. The first-order valence-electron chi connectivity index (χ1n) is 5.15. The smallest absolute Gasteiger partial charge is 0.203 e. The van der Waals surface area contributed by atoms with Gasteiger partial charge in [0, 0.05) is 11.3 Å². The number of thiocarbonyl (C=S) groups is 1. The first-order chi connectivity index (χ1) is 9.08. The van der Waals surface area contributed by atoms with Gasteiger partial charge in [0.05, 0.1) is 0 Å². The van der Waals surface area contributed by atoms with Crippen LogP contribution in [0.3, 0.4) is 0 Å². The van der Waals surface area contributed by atoms with Crippen molar-refractivity contribution >= 4 is 45.2 Å². The summed E-state index contributed by atoms with van der Waals surface area (Å²) < 4.78 is 0. The molecular weight excluding hydrogens is 282 g/mol. The van der Waals surface area contributed by atoms with Crippen LogP contribution in [0, 0.1) is 0 Å². The van der Waals surface area contributed by atoms with Gasteiger partial charge >= 0.3 is 0 Å². The molecule has 1 aromatic heterocycles. The van der Waals surface area contributed by atoms with Gasteiger partial charge in [0.2, 0.25) is 5.13 Å². The Morgan fingerprint density at radius 2 is 2.00 bits per heavy atom. The molecule has 7 nitrogen and oxygen atoms in total. The van der Waals surface area contributed by atoms with E-state index >= 15 is 0 Å². The average Bonchev–Trinajstić information content (AvgIpc) is 2.78. The molecule has 0 aliphatic carbocycles. The van der Waals surface area contributed by atoms with E-state index in [9.17, 15) is 0 Å². The molecule has 0 amide bonds. The quantitative estimate of drug-likeness (QED) is 0.277. The fraction of sp³-hybridized carbons (Fsp3) is 0. The summed E-state index contributed by atoms with van der Waals surface area (Å²) in [6.07, 6.45) is 0. The normalized spacial score (nSPS) is 11.3. The number of aromatic nitrogens is 2. The number of para-hydroxylation sites is 1. The topological polar surface area (TPSA) is 128 Å². The minimum Gasteiger partial charge on any atom is -0.398 e. The first kappa shape index (κ1) is 13.2. The molecule has 0 bridgehead atoms. The molecule has 0 spiro atoms. The van der Waals surface area contributed by atoms with Gasteiger partial charge in [0.25, 0.3) is 0 Å². The molecule has 2 aromatic rings. The second-order valence-electron chi connectivity index (χ2n) is 3.47. The number of nitrogen functional groups attached to an aromatic ring is 2. The number of nitrogens with two attached hydrogens (primary N) is 3. The van der Waals surface area contributed by atoms with Gasteiger partial charge in [0.15, 0.2) is 10.1 Å². The van der Waals surface area contributed by atoms with Gasteiger partial charge in [-0.15, -0.1) is 10.2 Å². The van der Waals surface area contributed by atoms with E-state index in [4.69, 9.17) is 29.4 Å². The number of benzene rings is 1. The number of rotatable bonds is 3. The molecule has 0 saturated heterocycles. The molecule has 0 radical (unpaired) electrons. The molecule has 19 heavy (non-hydrogen) atoms. The third-order valence-corrected chi connectivity index (χ3v) is 2.99. The summed E-state index contributed by atoms with van der Waals surface area (Å²) in [5.41, 5.74) is 21.1. The molecule has 9 heteroatoms. The maximum absolute atomic E-state index is 5.92. The lowest BCUT2D eigenvalue weighted by molar-refractivity contribution is 1.02. The molecule has 0 saturated carbocycles. The van der Waals surface area contributed by atoms with E-state index in [-0.39, 0.29) is 5.11 Å². The summed E-state index contributed by atoms with van der Waals surface area (Å²) in [6, 6.07) is 7.24. The summed E-state index contributed by atoms with van der Waals surface area (Å²) in [5.74, 6) is 0. The third kappa shape index (κ3) is 3.14. The van der Waals surface area contributed by atoms with Crippen LogP contribution in [0.5, 0.6) is 0 Å². The minimum absolute atomic E-state index is 0.0458. The van der Waals surface area contributed by atoms with Crippen molar-refractivity contribution in [3.8, 4) is 0 Å². The standard InChI is InChI=1S/C10H11N7S2/c11-6-4-2-1-3-5(6)7(14-16-9(12)18)8-15-17-10(13)19-8/h1-4H,11H2,(H2,13,17)(H3,12,16,18). The van der Waals surface area contributed by atoms with E-state index < -0.39 is 0 Å². The monoisotopic (exact) mass is 293 g/mol. The molecule has 2 rings (SSSR count). The Balaban J connectivity index is 2.49. The zero-order valence-electron chi connectivity index (χ0n) is 9.70. The zero-order chi connectivity index (χ0) is 13.8. The Kier molecular flexibility index (Phi) is 3.88. The summed E-state index contributed by atoms with van der Waals surface area (Å²) in [7, 11) is 0. The fourth-order valence-corrected chi connectivity index (χ4v) is 2.04. The van der Waals surface area contributed by atoms with E-state index in [1.807, 2.05) is 18.2 Å². The van der Waals surface area contributed by atoms with E-state index in [1.54, 1.807) is 6.07 Å². The molecule has 0 atom stereocenters. The second kappa shape index (κ2) is 5.59.